The van der Waals surface area contributed by atoms with Crippen molar-refractivity contribution in [3.8, 4) is 23.6 Å². The summed E-state index contributed by atoms with van der Waals surface area (Å²) in [6.07, 6.45) is 1.45. The lowest BCUT2D eigenvalue weighted by Gasteiger charge is -2.14. The molecule has 0 aliphatic heterocycles. The van der Waals surface area contributed by atoms with Crippen LogP contribution in [0.15, 0.2) is 64.6 Å². The number of methoxy groups -OCH3 is 1. The molecule has 0 bridgehead atoms. The van der Waals surface area contributed by atoms with Gasteiger partial charge in [0.1, 0.15) is 18.2 Å². The number of ether oxygens (including phenoxy) is 2. The Kier molecular flexibility index (Phi) is 8.32. The van der Waals surface area contributed by atoms with E-state index in [1.165, 1.54) is 13.2 Å². The molecule has 0 heterocycles. The maximum Gasteiger partial charge on any atom is 0.266 e. The lowest BCUT2D eigenvalue weighted by molar-refractivity contribution is -0.112. The van der Waals surface area contributed by atoms with Crippen LogP contribution in [0, 0.1) is 29.6 Å². The molecule has 1 N–H and O–H groups in total. The molecule has 3 rings (SSSR count). The van der Waals surface area contributed by atoms with Crippen molar-refractivity contribution in [1.29, 1.82) is 10.5 Å². The molecule has 170 valence electrons. The minimum atomic E-state index is -0.568. The number of anilines is 1. The highest BCUT2D eigenvalue weighted by Gasteiger charge is 2.15. The monoisotopic (exact) mass is 535 g/mol. The summed E-state index contributed by atoms with van der Waals surface area (Å²) >= 11 is 9.58. The van der Waals surface area contributed by atoms with Gasteiger partial charge in [-0.2, -0.15) is 10.5 Å². The van der Waals surface area contributed by atoms with Gasteiger partial charge < -0.3 is 14.8 Å². The Morgan fingerprint density at radius 2 is 1.91 bits per heavy atom. The molecule has 0 fully saturated rings. The first-order valence-corrected chi connectivity index (χ1v) is 11.2. The van der Waals surface area contributed by atoms with E-state index in [1.807, 2.05) is 25.1 Å². The van der Waals surface area contributed by atoms with Crippen LogP contribution in [0.2, 0.25) is 5.02 Å². The van der Waals surface area contributed by atoms with Crippen molar-refractivity contribution in [2.45, 2.75) is 13.5 Å². The zero-order valence-corrected chi connectivity index (χ0v) is 20.7. The maximum absolute atomic E-state index is 12.7. The predicted octanol–water partition coefficient (Wildman–Crippen LogP) is 6.42. The normalized spacial score (nSPS) is 10.7. The van der Waals surface area contributed by atoms with E-state index in [1.54, 1.807) is 42.5 Å². The molecule has 34 heavy (non-hydrogen) atoms. The molecule has 6 nitrogen and oxygen atoms in total. The number of amides is 1. The molecule has 3 aromatic rings. The van der Waals surface area contributed by atoms with Gasteiger partial charge in [0.05, 0.1) is 18.7 Å². The predicted molar refractivity (Wildman–Crippen MR) is 135 cm³/mol. The minimum Gasteiger partial charge on any atom is -0.493 e. The van der Waals surface area contributed by atoms with Crippen LogP contribution in [-0.2, 0) is 11.4 Å². The molecule has 0 aromatic heterocycles. The molecule has 0 radical (unpaired) electrons. The van der Waals surface area contributed by atoms with Gasteiger partial charge in [-0.05, 0) is 54.5 Å². The molecule has 3 aromatic carbocycles. The van der Waals surface area contributed by atoms with Crippen molar-refractivity contribution in [1.82, 2.24) is 0 Å². The van der Waals surface area contributed by atoms with Crippen molar-refractivity contribution in [3.63, 3.8) is 0 Å². The Morgan fingerprint density at radius 3 is 2.59 bits per heavy atom. The van der Waals surface area contributed by atoms with E-state index in [9.17, 15) is 15.3 Å². The Bertz CT molecular complexity index is 1360. The van der Waals surface area contributed by atoms with Crippen LogP contribution in [0.3, 0.4) is 0 Å². The fourth-order valence-electron chi connectivity index (χ4n) is 3.02. The molecule has 0 spiro atoms. The summed E-state index contributed by atoms with van der Waals surface area (Å²) < 4.78 is 11.9. The van der Waals surface area contributed by atoms with Gasteiger partial charge >= 0.3 is 0 Å². The summed E-state index contributed by atoms with van der Waals surface area (Å²) in [5, 5.41) is 22.0. The molecule has 0 saturated carbocycles. The summed E-state index contributed by atoms with van der Waals surface area (Å²) in [4.78, 5) is 12.7. The fraction of sp³-hybridized carbons (Fsp3) is 0.115. The molecule has 0 aliphatic rings. The van der Waals surface area contributed by atoms with Crippen molar-refractivity contribution in [2.75, 3.05) is 12.4 Å². The van der Waals surface area contributed by atoms with E-state index < -0.39 is 5.91 Å². The number of hydrogen-bond acceptors (Lipinski definition) is 5. The van der Waals surface area contributed by atoms with Crippen molar-refractivity contribution in [3.05, 3.63) is 91.9 Å². The van der Waals surface area contributed by atoms with E-state index in [-0.39, 0.29) is 12.2 Å². The maximum atomic E-state index is 12.7. The zero-order chi connectivity index (χ0) is 24.7. The smallest absolute Gasteiger partial charge is 0.266 e. The Hall–Kier alpha value is -3.78. The van der Waals surface area contributed by atoms with Gasteiger partial charge in [0.15, 0.2) is 11.5 Å². The average molecular weight is 537 g/mol. The van der Waals surface area contributed by atoms with Crippen molar-refractivity contribution >= 4 is 45.2 Å². The number of nitrogens with zero attached hydrogens (tertiary/aromatic N) is 2. The third-order valence-electron chi connectivity index (χ3n) is 4.90. The highest BCUT2D eigenvalue weighted by atomic mass is 79.9. The Morgan fingerprint density at radius 1 is 1.15 bits per heavy atom. The molecular weight excluding hydrogens is 518 g/mol. The van der Waals surface area contributed by atoms with Crippen LogP contribution in [0.4, 0.5) is 5.69 Å². The summed E-state index contributed by atoms with van der Waals surface area (Å²) in [5.74, 6) is 0.283. The largest absolute Gasteiger partial charge is 0.493 e. The van der Waals surface area contributed by atoms with Crippen LogP contribution >= 0.6 is 27.5 Å². The minimum absolute atomic E-state index is 0.101. The lowest BCUT2D eigenvalue weighted by Crippen LogP contribution is -2.13. The highest BCUT2D eigenvalue weighted by molar-refractivity contribution is 9.10. The van der Waals surface area contributed by atoms with E-state index in [0.717, 1.165) is 11.1 Å². The van der Waals surface area contributed by atoms with Crippen molar-refractivity contribution in [2.24, 2.45) is 0 Å². The van der Waals surface area contributed by atoms with Gasteiger partial charge in [-0.1, -0.05) is 51.8 Å². The van der Waals surface area contributed by atoms with Gasteiger partial charge in [0.25, 0.3) is 5.91 Å². The zero-order valence-electron chi connectivity index (χ0n) is 18.4. The van der Waals surface area contributed by atoms with Crippen LogP contribution in [0.1, 0.15) is 22.3 Å². The first-order valence-electron chi connectivity index (χ1n) is 10.0. The van der Waals surface area contributed by atoms with Crippen LogP contribution in [0.5, 0.6) is 11.5 Å². The third-order valence-corrected chi connectivity index (χ3v) is 5.99. The number of carbonyl (C=O) groups excluding carboxylic acids is 1. The molecule has 0 unspecified atom stereocenters. The highest BCUT2D eigenvalue weighted by Crippen LogP contribution is 2.35. The van der Waals surface area contributed by atoms with Gasteiger partial charge in [0.2, 0.25) is 0 Å². The molecule has 0 atom stereocenters. The second kappa shape index (κ2) is 11.4. The van der Waals surface area contributed by atoms with E-state index >= 15 is 0 Å². The summed E-state index contributed by atoms with van der Waals surface area (Å²) in [7, 11) is 1.49. The van der Waals surface area contributed by atoms with Gasteiger partial charge in [-0.15, -0.1) is 0 Å². The van der Waals surface area contributed by atoms with Crippen molar-refractivity contribution < 1.29 is 14.3 Å². The number of nitriles is 2. The summed E-state index contributed by atoms with van der Waals surface area (Å²) in [5.41, 5.74) is 3.09. The number of nitrogens with one attached hydrogen (secondary N) is 1. The number of hydrogen-bond donors (Lipinski definition) is 1. The van der Waals surface area contributed by atoms with Gasteiger partial charge in [0, 0.05) is 20.7 Å². The standard InChI is InChI=1S/C26H19BrClN3O3/c1-16-7-8-21(11-23(16)28)31-26(32)20(14-30)9-19-10-24(33-2)25(12-22(19)27)34-15-18-6-4-3-5-17(18)13-29/h3-12H,15H2,1-2H3,(H,31,32)/b20-9+. The molecule has 1 amide bonds. The number of carbonyl (C=O) groups is 1. The van der Waals surface area contributed by atoms with Gasteiger partial charge in [-0.25, -0.2) is 0 Å². The first kappa shape index (κ1) is 24.9. The molecule has 8 heteroatoms. The number of benzene rings is 3. The SMILES string of the molecule is COc1cc(/C=C(\C#N)C(=O)Nc2ccc(C)c(Cl)c2)c(Br)cc1OCc1ccccc1C#N. The fourth-order valence-corrected chi connectivity index (χ4v) is 3.64. The van der Waals surface area contributed by atoms with Gasteiger partial charge in [-0.3, -0.25) is 4.79 Å². The number of rotatable bonds is 7. The summed E-state index contributed by atoms with van der Waals surface area (Å²) in [6, 6.07) is 19.7. The Labute approximate surface area is 211 Å². The summed E-state index contributed by atoms with van der Waals surface area (Å²) in [6.45, 7) is 2.03. The third kappa shape index (κ3) is 5.96. The lowest BCUT2D eigenvalue weighted by atomic mass is 10.1. The van der Waals surface area contributed by atoms with E-state index in [4.69, 9.17) is 21.1 Å². The van der Waals surface area contributed by atoms with Crippen LogP contribution < -0.4 is 14.8 Å². The second-order valence-corrected chi connectivity index (χ2v) is 8.43. The molecule has 0 saturated heterocycles. The van der Waals surface area contributed by atoms with E-state index in [2.05, 4.69) is 27.3 Å². The number of halogens is 2. The molecule has 0 aliphatic carbocycles. The molecular formula is C26H19BrClN3O3. The van der Waals surface area contributed by atoms with E-state index in [0.29, 0.717) is 37.8 Å². The topological polar surface area (TPSA) is 95.1 Å². The van der Waals surface area contributed by atoms with Crippen LogP contribution in [-0.4, -0.2) is 13.0 Å². The van der Waals surface area contributed by atoms with Crippen LogP contribution in [0.25, 0.3) is 6.08 Å². The first-order chi connectivity index (χ1) is 16.4. The quantitative estimate of drug-likeness (QED) is 0.278. The second-order valence-electron chi connectivity index (χ2n) is 7.17. The number of aryl methyl sites for hydroxylation is 1. The Balaban J connectivity index is 1.84. The average Bonchev–Trinajstić information content (AvgIpc) is 2.84.